The molecule has 0 radical (unpaired) electrons. The van der Waals surface area contributed by atoms with Gasteiger partial charge >= 0.3 is 0 Å². The van der Waals surface area contributed by atoms with Crippen molar-refractivity contribution >= 4 is 0 Å². The zero-order valence-corrected chi connectivity index (χ0v) is 16.1. The highest BCUT2D eigenvalue weighted by molar-refractivity contribution is 5.25. The Morgan fingerprint density at radius 3 is 2.72 bits per heavy atom. The van der Waals surface area contributed by atoms with Crippen LogP contribution < -0.4 is 0 Å². The first kappa shape index (κ1) is 16.4. The lowest BCUT2D eigenvalue weighted by molar-refractivity contribution is -0.118. The SMILES string of the molecule is CC12CCCCC1CCC1C2CCC23CCC/C(=C\C#N)[C@H]2CCC13. The molecule has 0 bridgehead atoms. The molecule has 5 saturated carbocycles. The molecule has 1 heteroatoms. The Kier molecular flexibility index (Phi) is 3.85. The van der Waals surface area contributed by atoms with Crippen molar-refractivity contribution in [2.24, 2.45) is 40.4 Å². The topological polar surface area (TPSA) is 23.8 Å². The van der Waals surface area contributed by atoms with Crippen molar-refractivity contribution in [1.82, 2.24) is 0 Å². The van der Waals surface area contributed by atoms with Crippen molar-refractivity contribution in [2.45, 2.75) is 90.4 Å². The Balaban J connectivity index is 1.47. The van der Waals surface area contributed by atoms with Crippen LogP contribution in [0.5, 0.6) is 0 Å². The van der Waals surface area contributed by atoms with Gasteiger partial charge in [-0.2, -0.15) is 5.26 Å². The minimum absolute atomic E-state index is 0.597. The van der Waals surface area contributed by atoms with Crippen molar-refractivity contribution in [3.63, 3.8) is 0 Å². The van der Waals surface area contributed by atoms with Gasteiger partial charge in [-0.1, -0.05) is 25.3 Å². The third-order valence-corrected chi connectivity index (χ3v) is 10.1. The van der Waals surface area contributed by atoms with Crippen molar-refractivity contribution in [3.05, 3.63) is 11.6 Å². The summed E-state index contributed by atoms with van der Waals surface area (Å²) in [4.78, 5) is 0. The van der Waals surface area contributed by atoms with Gasteiger partial charge in [0.05, 0.1) is 6.07 Å². The predicted molar refractivity (Wildman–Crippen MR) is 102 cm³/mol. The first-order valence-electron chi connectivity index (χ1n) is 11.3. The zero-order chi connectivity index (χ0) is 17.1. The van der Waals surface area contributed by atoms with E-state index in [2.05, 4.69) is 13.0 Å². The third kappa shape index (κ3) is 2.18. The predicted octanol–water partition coefficient (Wildman–Crippen LogP) is 6.65. The van der Waals surface area contributed by atoms with Gasteiger partial charge in [0, 0.05) is 6.08 Å². The lowest BCUT2D eigenvalue weighted by Gasteiger charge is -2.62. The summed E-state index contributed by atoms with van der Waals surface area (Å²) in [6, 6.07) is 2.38. The van der Waals surface area contributed by atoms with Gasteiger partial charge in [-0.15, -0.1) is 0 Å². The first-order chi connectivity index (χ1) is 12.2. The summed E-state index contributed by atoms with van der Waals surface area (Å²) in [5.74, 6) is 4.82. The second-order valence-electron chi connectivity index (χ2n) is 10.5. The molecule has 136 valence electrons. The fraction of sp³-hybridized carbons (Fsp3) is 0.875. The molecular formula is C24H35N. The van der Waals surface area contributed by atoms with Gasteiger partial charge < -0.3 is 0 Å². The summed E-state index contributed by atoms with van der Waals surface area (Å²) in [6.07, 6.45) is 20.9. The normalized spacial score (nSPS) is 53.3. The van der Waals surface area contributed by atoms with Gasteiger partial charge in [0.1, 0.15) is 0 Å². The van der Waals surface area contributed by atoms with Crippen LogP contribution in [0.3, 0.4) is 0 Å². The summed E-state index contributed by atoms with van der Waals surface area (Å²) >= 11 is 0. The molecule has 1 spiro atoms. The standard InChI is InChI=1S/C24H35N/c1-23-13-3-2-6-18(23)7-8-19-21(23)11-15-24-14-4-5-17(12-16-25)20(24)9-10-22(19)24/h12,18-22H,2-11,13-15H2,1H3/b17-12+/t18?,19?,20-,21?,22?,23?,24?/m1/s1. The summed E-state index contributed by atoms with van der Waals surface area (Å²) in [6.45, 7) is 2.69. The van der Waals surface area contributed by atoms with E-state index in [-0.39, 0.29) is 0 Å². The lowest BCUT2D eigenvalue weighted by Crippen LogP contribution is -2.54. The number of fused-ring (bicyclic) bond motifs is 4. The second-order valence-corrected chi connectivity index (χ2v) is 10.5. The van der Waals surface area contributed by atoms with E-state index >= 15 is 0 Å². The average molecular weight is 338 g/mol. The van der Waals surface area contributed by atoms with Crippen LogP contribution in [0, 0.1) is 51.8 Å². The molecule has 0 amide bonds. The number of allylic oxidation sites excluding steroid dienone is 2. The van der Waals surface area contributed by atoms with Crippen molar-refractivity contribution < 1.29 is 0 Å². The summed E-state index contributed by atoms with van der Waals surface area (Å²) in [7, 11) is 0. The molecule has 0 aliphatic heterocycles. The number of rotatable bonds is 0. The largest absolute Gasteiger partial charge is 0.193 e. The van der Waals surface area contributed by atoms with E-state index in [0.29, 0.717) is 10.8 Å². The molecule has 25 heavy (non-hydrogen) atoms. The van der Waals surface area contributed by atoms with E-state index in [0.717, 1.165) is 29.6 Å². The highest BCUT2D eigenvalue weighted by Crippen LogP contribution is 2.70. The first-order valence-corrected chi connectivity index (χ1v) is 11.3. The maximum absolute atomic E-state index is 9.26. The summed E-state index contributed by atoms with van der Waals surface area (Å²) in [5.41, 5.74) is 2.80. The number of hydrogen-bond donors (Lipinski definition) is 0. The quantitative estimate of drug-likeness (QED) is 0.454. The number of nitriles is 1. The van der Waals surface area contributed by atoms with Crippen molar-refractivity contribution in [3.8, 4) is 6.07 Å². The number of nitrogens with zero attached hydrogens (tertiary/aromatic N) is 1. The van der Waals surface area contributed by atoms with Crippen LogP contribution >= 0.6 is 0 Å². The summed E-state index contributed by atoms with van der Waals surface area (Å²) in [5, 5.41) is 9.26. The van der Waals surface area contributed by atoms with Gasteiger partial charge in [0.2, 0.25) is 0 Å². The van der Waals surface area contributed by atoms with E-state index in [9.17, 15) is 5.26 Å². The molecule has 0 saturated heterocycles. The Labute approximate surface area is 154 Å². The molecule has 0 aromatic heterocycles. The lowest BCUT2D eigenvalue weighted by atomic mass is 9.43. The van der Waals surface area contributed by atoms with Crippen LogP contribution in [-0.2, 0) is 0 Å². The molecular weight excluding hydrogens is 302 g/mol. The molecule has 5 rings (SSSR count). The molecule has 0 aromatic carbocycles. The van der Waals surface area contributed by atoms with E-state index in [1.807, 2.05) is 6.08 Å². The Hall–Kier alpha value is -0.770. The minimum Gasteiger partial charge on any atom is -0.193 e. The maximum Gasteiger partial charge on any atom is 0.0911 e. The molecule has 0 heterocycles. The molecule has 6 unspecified atom stereocenters. The van der Waals surface area contributed by atoms with Crippen LogP contribution in [-0.4, -0.2) is 0 Å². The Bertz CT molecular complexity index is 612. The van der Waals surface area contributed by atoms with Gasteiger partial charge in [0.25, 0.3) is 0 Å². The van der Waals surface area contributed by atoms with Crippen LogP contribution in [0.25, 0.3) is 0 Å². The maximum atomic E-state index is 9.26. The monoisotopic (exact) mass is 337 g/mol. The highest BCUT2D eigenvalue weighted by Gasteiger charge is 2.61. The smallest absolute Gasteiger partial charge is 0.0911 e. The van der Waals surface area contributed by atoms with Crippen LogP contribution in [0.4, 0.5) is 0 Å². The molecule has 5 aliphatic carbocycles. The highest BCUT2D eigenvalue weighted by atomic mass is 14.7. The molecule has 0 N–H and O–H groups in total. The molecule has 0 aromatic rings. The molecule has 5 fully saturated rings. The van der Waals surface area contributed by atoms with E-state index in [1.165, 1.54) is 89.0 Å². The minimum atomic E-state index is 0.597. The van der Waals surface area contributed by atoms with Gasteiger partial charge in [0.15, 0.2) is 0 Å². The van der Waals surface area contributed by atoms with E-state index in [1.54, 1.807) is 0 Å². The number of hydrogen-bond acceptors (Lipinski definition) is 1. The van der Waals surface area contributed by atoms with Gasteiger partial charge in [-0.3, -0.25) is 0 Å². The average Bonchev–Trinajstić information content (AvgIpc) is 3.02. The van der Waals surface area contributed by atoms with Gasteiger partial charge in [-0.05, 0) is 111 Å². The van der Waals surface area contributed by atoms with E-state index < -0.39 is 0 Å². The Morgan fingerprint density at radius 2 is 1.84 bits per heavy atom. The summed E-state index contributed by atoms with van der Waals surface area (Å²) < 4.78 is 0. The fourth-order valence-corrected chi connectivity index (χ4v) is 9.20. The Morgan fingerprint density at radius 1 is 0.920 bits per heavy atom. The molecule has 5 aliphatic rings. The third-order valence-electron chi connectivity index (χ3n) is 10.1. The van der Waals surface area contributed by atoms with Gasteiger partial charge in [-0.25, -0.2) is 0 Å². The zero-order valence-electron chi connectivity index (χ0n) is 16.1. The van der Waals surface area contributed by atoms with Crippen LogP contribution in [0.2, 0.25) is 0 Å². The van der Waals surface area contributed by atoms with Crippen molar-refractivity contribution in [2.75, 3.05) is 0 Å². The van der Waals surface area contributed by atoms with Crippen LogP contribution in [0.15, 0.2) is 11.6 Å². The van der Waals surface area contributed by atoms with E-state index in [4.69, 9.17) is 0 Å². The molecule has 1 nitrogen and oxygen atoms in total. The van der Waals surface area contributed by atoms with Crippen molar-refractivity contribution in [1.29, 1.82) is 5.26 Å². The fourth-order valence-electron chi connectivity index (χ4n) is 9.20. The van der Waals surface area contributed by atoms with Crippen LogP contribution in [0.1, 0.15) is 90.4 Å². The second kappa shape index (κ2) is 5.87. The molecule has 7 atom stereocenters.